The second-order valence-electron chi connectivity index (χ2n) is 3.84. The van der Waals surface area contributed by atoms with Crippen molar-refractivity contribution in [2.24, 2.45) is 0 Å². The molecule has 0 amide bonds. The fourth-order valence-corrected chi connectivity index (χ4v) is 2.26. The van der Waals surface area contributed by atoms with E-state index in [2.05, 4.69) is 15.4 Å². The molecule has 0 aliphatic heterocycles. The third-order valence-electron chi connectivity index (χ3n) is 2.17. The van der Waals surface area contributed by atoms with Crippen LogP contribution in [0.25, 0.3) is 11.5 Å². The first-order chi connectivity index (χ1) is 8.59. The molecule has 0 radical (unpaired) electrons. The van der Waals surface area contributed by atoms with Crippen molar-refractivity contribution in [2.75, 3.05) is 5.75 Å². The summed E-state index contributed by atoms with van der Waals surface area (Å²) in [6.45, 7) is 3.94. The van der Waals surface area contributed by atoms with Crippen LogP contribution in [0.3, 0.4) is 0 Å². The average molecular weight is 268 g/mol. The van der Waals surface area contributed by atoms with Gasteiger partial charge in [-0.2, -0.15) is 0 Å². The van der Waals surface area contributed by atoms with Gasteiger partial charge in [0.05, 0.1) is 5.75 Å². The summed E-state index contributed by atoms with van der Waals surface area (Å²) in [5, 5.41) is 21.1. The highest BCUT2D eigenvalue weighted by Crippen LogP contribution is 2.26. The Balaban J connectivity index is 2.34. The molecule has 0 fully saturated rings. The minimum absolute atomic E-state index is 0.0519. The van der Waals surface area contributed by atoms with Crippen molar-refractivity contribution in [3.8, 4) is 11.5 Å². The zero-order chi connectivity index (χ0) is 13.1. The summed E-state index contributed by atoms with van der Waals surface area (Å²) >= 11 is 1.13. The van der Waals surface area contributed by atoms with Crippen LogP contribution in [0.1, 0.15) is 19.9 Å². The van der Waals surface area contributed by atoms with E-state index in [1.54, 1.807) is 6.07 Å². The monoisotopic (exact) mass is 268 g/mol. The molecule has 96 valence electrons. The molecule has 2 aromatic rings. The van der Waals surface area contributed by atoms with E-state index in [-0.39, 0.29) is 11.8 Å². The van der Waals surface area contributed by atoms with Crippen LogP contribution in [0.2, 0.25) is 0 Å². The summed E-state index contributed by atoms with van der Waals surface area (Å²) in [4.78, 5) is 10.6. The average Bonchev–Trinajstić information content (AvgIpc) is 2.94. The largest absolute Gasteiger partial charge is 0.481 e. The van der Waals surface area contributed by atoms with E-state index in [0.29, 0.717) is 16.7 Å². The lowest BCUT2D eigenvalue weighted by molar-refractivity contribution is -0.133. The van der Waals surface area contributed by atoms with Crippen LogP contribution in [0.15, 0.2) is 22.0 Å². The molecule has 0 unspecified atom stereocenters. The van der Waals surface area contributed by atoms with Gasteiger partial charge in [-0.25, -0.2) is 0 Å². The number of aliphatic carboxylic acids is 1. The van der Waals surface area contributed by atoms with Crippen LogP contribution < -0.4 is 0 Å². The predicted molar refractivity (Wildman–Crippen MR) is 64.3 cm³/mol. The molecular weight excluding hydrogens is 256 g/mol. The summed E-state index contributed by atoms with van der Waals surface area (Å²) in [6, 6.07) is 1.79. The molecule has 0 aromatic carbocycles. The van der Waals surface area contributed by atoms with Gasteiger partial charge in [0.2, 0.25) is 0 Å². The number of nitrogens with zero attached hydrogens (tertiary/aromatic N) is 4. The first-order valence-electron chi connectivity index (χ1n) is 5.30. The Hall–Kier alpha value is -1.83. The van der Waals surface area contributed by atoms with E-state index in [1.165, 1.54) is 6.26 Å². The SMILES string of the molecule is CC(C)n1c(SCC(=O)O)nnc1-c1ccon1. The molecule has 0 spiro atoms. The first-order valence-corrected chi connectivity index (χ1v) is 6.28. The number of carboxylic acids is 1. The summed E-state index contributed by atoms with van der Waals surface area (Å²) in [5.41, 5.74) is 0.582. The summed E-state index contributed by atoms with van der Waals surface area (Å²) in [6.07, 6.45) is 1.46. The van der Waals surface area contributed by atoms with Crippen LogP contribution in [0, 0.1) is 0 Å². The molecule has 0 saturated carbocycles. The summed E-state index contributed by atoms with van der Waals surface area (Å²) < 4.78 is 6.62. The van der Waals surface area contributed by atoms with Crippen molar-refractivity contribution in [1.29, 1.82) is 0 Å². The number of hydrogen-bond acceptors (Lipinski definition) is 6. The minimum Gasteiger partial charge on any atom is -0.481 e. The van der Waals surface area contributed by atoms with Gasteiger partial charge < -0.3 is 9.63 Å². The van der Waals surface area contributed by atoms with Crippen molar-refractivity contribution in [2.45, 2.75) is 25.0 Å². The predicted octanol–water partition coefficient (Wildman–Crippen LogP) is 1.69. The molecule has 7 nitrogen and oxygen atoms in total. The zero-order valence-corrected chi connectivity index (χ0v) is 10.7. The van der Waals surface area contributed by atoms with Crippen molar-refractivity contribution < 1.29 is 14.4 Å². The Morgan fingerprint density at radius 1 is 1.56 bits per heavy atom. The van der Waals surface area contributed by atoms with Crippen molar-refractivity contribution in [3.05, 3.63) is 12.3 Å². The van der Waals surface area contributed by atoms with Crippen LogP contribution in [0.5, 0.6) is 0 Å². The van der Waals surface area contributed by atoms with E-state index in [0.717, 1.165) is 11.8 Å². The number of carboxylic acid groups (broad SMARTS) is 1. The van der Waals surface area contributed by atoms with Gasteiger partial charge in [-0.1, -0.05) is 16.9 Å². The molecule has 2 rings (SSSR count). The van der Waals surface area contributed by atoms with E-state index < -0.39 is 5.97 Å². The Bertz CT molecular complexity index is 535. The molecular formula is C10H12N4O3S. The first kappa shape index (κ1) is 12.6. The highest BCUT2D eigenvalue weighted by atomic mass is 32.2. The molecule has 2 heterocycles. The number of rotatable bonds is 5. The molecule has 2 aromatic heterocycles. The fourth-order valence-electron chi connectivity index (χ4n) is 1.47. The van der Waals surface area contributed by atoms with Gasteiger partial charge in [0, 0.05) is 12.1 Å². The van der Waals surface area contributed by atoms with Crippen molar-refractivity contribution in [1.82, 2.24) is 19.9 Å². The zero-order valence-electron chi connectivity index (χ0n) is 9.90. The summed E-state index contributed by atoms with van der Waals surface area (Å²) in [5.74, 6) is -0.364. The highest BCUT2D eigenvalue weighted by Gasteiger charge is 2.19. The Labute approximate surface area is 107 Å². The van der Waals surface area contributed by atoms with Gasteiger partial charge in [0.15, 0.2) is 16.7 Å². The van der Waals surface area contributed by atoms with Crippen LogP contribution in [0.4, 0.5) is 0 Å². The maximum atomic E-state index is 10.6. The third-order valence-corrected chi connectivity index (χ3v) is 3.10. The normalized spacial score (nSPS) is 11.1. The van der Waals surface area contributed by atoms with Gasteiger partial charge in [0.1, 0.15) is 6.26 Å². The lowest BCUT2D eigenvalue weighted by Gasteiger charge is -2.11. The quantitative estimate of drug-likeness (QED) is 0.824. The maximum Gasteiger partial charge on any atom is 0.313 e. The molecule has 0 aliphatic carbocycles. The molecule has 0 bridgehead atoms. The molecule has 1 N–H and O–H groups in total. The van der Waals surface area contributed by atoms with Gasteiger partial charge in [-0.05, 0) is 13.8 Å². The number of hydrogen-bond donors (Lipinski definition) is 1. The van der Waals surface area contributed by atoms with Crippen LogP contribution >= 0.6 is 11.8 Å². The topological polar surface area (TPSA) is 94.0 Å². The van der Waals surface area contributed by atoms with E-state index >= 15 is 0 Å². The lowest BCUT2D eigenvalue weighted by atomic mass is 10.3. The second kappa shape index (κ2) is 5.21. The number of aromatic nitrogens is 4. The van der Waals surface area contributed by atoms with Crippen LogP contribution in [-0.4, -0.2) is 36.7 Å². The molecule has 0 aliphatic rings. The smallest absolute Gasteiger partial charge is 0.313 e. The fraction of sp³-hybridized carbons (Fsp3) is 0.400. The van der Waals surface area contributed by atoms with Gasteiger partial charge in [0.25, 0.3) is 0 Å². The van der Waals surface area contributed by atoms with Gasteiger partial charge in [-0.15, -0.1) is 10.2 Å². The molecule has 0 saturated heterocycles. The lowest BCUT2D eigenvalue weighted by Crippen LogP contribution is -2.07. The minimum atomic E-state index is -0.888. The van der Waals surface area contributed by atoms with Gasteiger partial charge in [-0.3, -0.25) is 9.36 Å². The summed E-state index contributed by atoms with van der Waals surface area (Å²) in [7, 11) is 0. The van der Waals surface area contributed by atoms with Gasteiger partial charge >= 0.3 is 5.97 Å². The molecule has 18 heavy (non-hydrogen) atoms. The highest BCUT2D eigenvalue weighted by molar-refractivity contribution is 7.99. The number of thioether (sulfide) groups is 1. The Kier molecular flexibility index (Phi) is 3.66. The van der Waals surface area contributed by atoms with Crippen LogP contribution in [-0.2, 0) is 4.79 Å². The molecule has 0 atom stereocenters. The van der Waals surface area contributed by atoms with E-state index in [1.807, 2.05) is 18.4 Å². The van der Waals surface area contributed by atoms with Crippen molar-refractivity contribution in [3.63, 3.8) is 0 Å². The van der Waals surface area contributed by atoms with E-state index in [4.69, 9.17) is 9.63 Å². The number of carbonyl (C=O) groups is 1. The van der Waals surface area contributed by atoms with E-state index in [9.17, 15) is 4.79 Å². The van der Waals surface area contributed by atoms with Crippen molar-refractivity contribution >= 4 is 17.7 Å². The second-order valence-corrected chi connectivity index (χ2v) is 4.78. The standard InChI is InChI=1S/C10H12N4O3S/c1-6(2)14-9(7-3-4-17-13-7)11-12-10(14)18-5-8(15)16/h3-4,6H,5H2,1-2H3,(H,15,16). The Morgan fingerprint density at radius 2 is 2.33 bits per heavy atom. The third kappa shape index (κ3) is 2.53. The maximum absolute atomic E-state index is 10.6. The molecule has 8 heteroatoms. The Morgan fingerprint density at radius 3 is 2.89 bits per heavy atom.